The molecule has 0 fully saturated rings. The highest BCUT2D eigenvalue weighted by Crippen LogP contribution is 2.24. The molecule has 0 spiro atoms. The average Bonchev–Trinajstić information content (AvgIpc) is 2.69. The first-order valence-electron chi connectivity index (χ1n) is 4.02. The van der Waals surface area contributed by atoms with Gasteiger partial charge in [-0.25, -0.2) is 4.37 Å². The summed E-state index contributed by atoms with van der Waals surface area (Å²) in [4.78, 5) is 0. The Hall–Kier alpha value is -0.800. The molecule has 3 heteroatoms. The van der Waals surface area contributed by atoms with Crippen LogP contribution in [0, 0.1) is 0 Å². The van der Waals surface area contributed by atoms with Gasteiger partial charge in [0.25, 0.3) is 0 Å². The molecule has 0 unspecified atom stereocenters. The molecule has 2 aromatic rings. The Morgan fingerprint density at radius 3 is 2.69 bits per heavy atom. The largest absolute Gasteiger partial charge is 0.200 e. The first kappa shape index (κ1) is 8.78. The Balaban J connectivity index is 1.94. The summed E-state index contributed by atoms with van der Waals surface area (Å²) in [6.45, 7) is 0. The monoisotopic (exact) mass is 207 g/mol. The summed E-state index contributed by atoms with van der Waals surface area (Å²) in [6, 6.07) is 12.5. The standard InChI is InChI=1S/C10H9NS2/c1-2-4-9(5-3-1)8-12-10-6-7-11-13-10/h1-7H,8H2. The van der Waals surface area contributed by atoms with Crippen molar-refractivity contribution < 1.29 is 0 Å². The van der Waals surface area contributed by atoms with Crippen LogP contribution in [0.1, 0.15) is 5.56 Å². The van der Waals surface area contributed by atoms with Gasteiger partial charge in [0.1, 0.15) is 0 Å². The Labute approximate surface area is 86.0 Å². The van der Waals surface area contributed by atoms with Crippen molar-refractivity contribution in [2.45, 2.75) is 9.96 Å². The van der Waals surface area contributed by atoms with Crippen LogP contribution in [0.15, 0.2) is 46.8 Å². The number of rotatable bonds is 3. The maximum Gasteiger partial charge on any atom is 0.0809 e. The van der Waals surface area contributed by atoms with E-state index >= 15 is 0 Å². The summed E-state index contributed by atoms with van der Waals surface area (Å²) in [5.74, 6) is 1.03. The Kier molecular flexibility index (Phi) is 3.00. The van der Waals surface area contributed by atoms with E-state index in [-0.39, 0.29) is 0 Å². The molecule has 0 saturated carbocycles. The lowest BCUT2D eigenvalue weighted by Crippen LogP contribution is -1.76. The smallest absolute Gasteiger partial charge is 0.0809 e. The molecule has 66 valence electrons. The van der Waals surface area contributed by atoms with Crippen LogP contribution in [0.4, 0.5) is 0 Å². The third kappa shape index (κ3) is 2.57. The van der Waals surface area contributed by atoms with Crippen LogP contribution >= 0.6 is 23.3 Å². The quantitative estimate of drug-likeness (QED) is 0.715. The second-order valence-electron chi connectivity index (χ2n) is 2.61. The lowest BCUT2D eigenvalue weighted by Gasteiger charge is -1.97. The van der Waals surface area contributed by atoms with Crippen molar-refractivity contribution in [1.82, 2.24) is 4.37 Å². The van der Waals surface area contributed by atoms with Crippen molar-refractivity contribution in [2.24, 2.45) is 0 Å². The summed E-state index contributed by atoms with van der Waals surface area (Å²) in [5.41, 5.74) is 1.36. The van der Waals surface area contributed by atoms with Crippen LogP contribution in [0.2, 0.25) is 0 Å². The summed E-state index contributed by atoms with van der Waals surface area (Å²) in [7, 11) is 0. The van der Waals surface area contributed by atoms with E-state index in [2.05, 4.69) is 34.7 Å². The zero-order valence-corrected chi connectivity index (χ0v) is 8.65. The van der Waals surface area contributed by atoms with Crippen LogP contribution < -0.4 is 0 Å². The second kappa shape index (κ2) is 4.44. The maximum atomic E-state index is 4.06. The predicted octanol–water partition coefficient (Wildman–Crippen LogP) is 3.44. The van der Waals surface area contributed by atoms with Crippen molar-refractivity contribution in [2.75, 3.05) is 0 Å². The maximum absolute atomic E-state index is 4.06. The minimum Gasteiger partial charge on any atom is -0.200 e. The molecule has 0 saturated heterocycles. The van der Waals surface area contributed by atoms with Gasteiger partial charge in [-0.1, -0.05) is 30.3 Å². The van der Waals surface area contributed by atoms with E-state index < -0.39 is 0 Å². The molecule has 0 bridgehead atoms. The van der Waals surface area contributed by atoms with Gasteiger partial charge in [0.2, 0.25) is 0 Å². The normalized spacial score (nSPS) is 10.2. The zero-order chi connectivity index (χ0) is 8.93. The topological polar surface area (TPSA) is 12.9 Å². The van der Waals surface area contributed by atoms with Crippen LogP contribution in [-0.4, -0.2) is 4.37 Å². The van der Waals surface area contributed by atoms with Gasteiger partial charge in [-0.3, -0.25) is 0 Å². The average molecular weight is 207 g/mol. The third-order valence-electron chi connectivity index (χ3n) is 1.64. The van der Waals surface area contributed by atoms with Crippen molar-refractivity contribution in [3.8, 4) is 0 Å². The van der Waals surface area contributed by atoms with Crippen molar-refractivity contribution >= 4 is 23.3 Å². The molecule has 1 aromatic carbocycles. The molecule has 1 nitrogen and oxygen atoms in total. The van der Waals surface area contributed by atoms with Gasteiger partial charge in [0.05, 0.1) is 4.21 Å². The summed E-state index contributed by atoms with van der Waals surface area (Å²) < 4.78 is 5.34. The highest BCUT2D eigenvalue weighted by atomic mass is 32.2. The van der Waals surface area contributed by atoms with Crippen molar-refractivity contribution in [1.29, 1.82) is 0 Å². The van der Waals surface area contributed by atoms with Gasteiger partial charge < -0.3 is 0 Å². The minimum absolute atomic E-state index is 1.03. The Morgan fingerprint density at radius 2 is 2.00 bits per heavy atom. The molecule has 0 aliphatic rings. The van der Waals surface area contributed by atoms with Gasteiger partial charge in [-0.05, 0) is 23.2 Å². The van der Waals surface area contributed by atoms with E-state index in [0.717, 1.165) is 5.75 Å². The number of hydrogen-bond donors (Lipinski definition) is 0. The van der Waals surface area contributed by atoms with Gasteiger partial charge in [-0.15, -0.1) is 11.8 Å². The lowest BCUT2D eigenvalue weighted by molar-refractivity contribution is 1.41. The molecular formula is C10H9NS2. The summed E-state index contributed by atoms with van der Waals surface area (Å²) in [5, 5.41) is 0. The van der Waals surface area contributed by atoms with Gasteiger partial charge in [0.15, 0.2) is 0 Å². The summed E-state index contributed by atoms with van der Waals surface area (Å²) in [6.07, 6.45) is 1.85. The van der Waals surface area contributed by atoms with E-state index in [1.807, 2.05) is 24.0 Å². The van der Waals surface area contributed by atoms with Crippen LogP contribution in [-0.2, 0) is 5.75 Å². The molecule has 0 aliphatic heterocycles. The van der Waals surface area contributed by atoms with Gasteiger partial charge in [0, 0.05) is 11.9 Å². The Morgan fingerprint density at radius 1 is 1.15 bits per heavy atom. The molecule has 13 heavy (non-hydrogen) atoms. The first-order valence-corrected chi connectivity index (χ1v) is 5.78. The number of nitrogens with zero attached hydrogens (tertiary/aromatic N) is 1. The SMILES string of the molecule is c1ccc(CSc2ccns2)cc1. The van der Waals surface area contributed by atoms with Crippen LogP contribution in [0.25, 0.3) is 0 Å². The molecule has 0 atom stereocenters. The number of thioether (sulfide) groups is 1. The molecule has 2 rings (SSSR count). The second-order valence-corrected chi connectivity index (χ2v) is 4.71. The van der Waals surface area contributed by atoms with E-state index in [0.29, 0.717) is 0 Å². The van der Waals surface area contributed by atoms with Crippen molar-refractivity contribution in [3.05, 3.63) is 48.2 Å². The summed E-state index contributed by atoms with van der Waals surface area (Å²) >= 11 is 3.39. The highest BCUT2D eigenvalue weighted by Gasteiger charge is 1.96. The van der Waals surface area contributed by atoms with E-state index in [1.165, 1.54) is 9.77 Å². The third-order valence-corrected chi connectivity index (χ3v) is 3.66. The Bertz CT molecular complexity index is 342. The lowest BCUT2D eigenvalue weighted by atomic mass is 10.2. The van der Waals surface area contributed by atoms with Crippen molar-refractivity contribution in [3.63, 3.8) is 0 Å². The fourth-order valence-corrected chi connectivity index (χ4v) is 2.53. The molecule has 0 N–H and O–H groups in total. The van der Waals surface area contributed by atoms with Gasteiger partial charge in [-0.2, -0.15) is 0 Å². The molecule has 1 heterocycles. The number of aromatic nitrogens is 1. The fourth-order valence-electron chi connectivity index (χ4n) is 1.01. The minimum atomic E-state index is 1.03. The van der Waals surface area contributed by atoms with Gasteiger partial charge >= 0.3 is 0 Å². The zero-order valence-electron chi connectivity index (χ0n) is 7.01. The first-order chi connectivity index (χ1) is 6.45. The molecule has 0 amide bonds. The number of benzene rings is 1. The highest BCUT2D eigenvalue weighted by molar-refractivity contribution is 8.00. The van der Waals surface area contributed by atoms with Crippen LogP contribution in [0.3, 0.4) is 0 Å². The molecular weight excluding hydrogens is 198 g/mol. The fraction of sp³-hybridized carbons (Fsp3) is 0.100. The van der Waals surface area contributed by atoms with E-state index in [1.54, 1.807) is 11.5 Å². The number of hydrogen-bond acceptors (Lipinski definition) is 3. The van der Waals surface area contributed by atoms with E-state index in [9.17, 15) is 0 Å². The van der Waals surface area contributed by atoms with Crippen LogP contribution in [0.5, 0.6) is 0 Å². The van der Waals surface area contributed by atoms with E-state index in [4.69, 9.17) is 0 Å². The molecule has 0 radical (unpaired) electrons. The predicted molar refractivity (Wildman–Crippen MR) is 58.1 cm³/mol. The molecule has 1 aromatic heterocycles. The molecule has 0 aliphatic carbocycles.